The molecule has 1 rings (SSSR count). The molecule has 54 valence electrons. The zero-order chi connectivity index (χ0) is 7.56. The van der Waals surface area contributed by atoms with Crippen LogP contribution in [0.2, 0.25) is 0 Å². The summed E-state index contributed by atoms with van der Waals surface area (Å²) in [6.45, 7) is 0. The van der Waals surface area contributed by atoms with Crippen LogP contribution >= 0.6 is 45.7 Å². The number of hydrogen-bond donors (Lipinski definition) is 0. The Hall–Kier alpha value is 0.450. The van der Waals surface area contributed by atoms with Crippen molar-refractivity contribution in [1.29, 1.82) is 0 Å². The summed E-state index contributed by atoms with van der Waals surface area (Å²) in [5.41, 5.74) is 0.821. The molecular weight excluding hydrogens is 279 g/mol. The fourth-order valence-corrected chi connectivity index (χ4v) is 3.58. The lowest BCUT2D eigenvalue weighted by Crippen LogP contribution is -1.73. The molecule has 0 atom stereocenters. The van der Waals surface area contributed by atoms with Crippen LogP contribution in [0.5, 0.6) is 0 Å². The van der Waals surface area contributed by atoms with Gasteiger partial charge in [0, 0.05) is 5.56 Å². The van der Waals surface area contributed by atoms with Gasteiger partial charge in [-0.2, -0.15) is 0 Å². The monoisotopic (exact) mass is 284 g/mol. The van der Waals surface area contributed by atoms with Crippen molar-refractivity contribution in [2.24, 2.45) is 0 Å². The van der Waals surface area contributed by atoms with Crippen molar-refractivity contribution >= 4 is 52.0 Å². The molecule has 0 amide bonds. The number of carbonyl (C=O) groups is 1. The lowest BCUT2D eigenvalue weighted by molar-refractivity contribution is 0.112. The molecule has 0 saturated carbocycles. The molecule has 0 radical (unpaired) electrons. The molecule has 4 heteroatoms. The second-order valence-corrected chi connectivity index (χ2v) is 5.64. The van der Waals surface area contributed by atoms with E-state index in [0.717, 1.165) is 16.1 Å². The van der Waals surface area contributed by atoms with Gasteiger partial charge < -0.3 is 0 Å². The third-order valence-corrected chi connectivity index (χ3v) is 4.07. The average molecular weight is 284 g/mol. The summed E-state index contributed by atoms with van der Waals surface area (Å²) >= 11 is 5.50. The predicted molar refractivity (Wildman–Crippen MR) is 54.2 cm³/mol. The first-order valence-corrected chi connectivity index (χ1v) is 5.68. The summed E-state index contributed by atoms with van der Waals surface area (Å²) in [4.78, 5) is 10.4. The van der Waals surface area contributed by atoms with Crippen LogP contribution in [0.15, 0.2) is 10.3 Å². The number of thiophene rings is 1. The lowest BCUT2D eigenvalue weighted by Gasteiger charge is -1.86. The van der Waals surface area contributed by atoms with Gasteiger partial charge in [-0.1, -0.05) is 0 Å². The third-order valence-electron chi connectivity index (χ3n) is 1.01. The first-order chi connectivity index (χ1) is 4.77. The number of carbonyl (C=O) groups excluding carboxylic acids is 1. The van der Waals surface area contributed by atoms with Crippen LogP contribution in [-0.2, 0) is 0 Å². The standard InChI is InChI=1S/C6H5IOS2/c1-9-6-4(3-8)2-5(7)10-6/h2-3H,1H3. The third kappa shape index (κ3) is 1.73. The maximum atomic E-state index is 10.4. The van der Waals surface area contributed by atoms with Crippen molar-refractivity contribution in [2.75, 3.05) is 6.26 Å². The molecule has 0 aliphatic rings. The zero-order valence-electron chi connectivity index (χ0n) is 5.26. The quantitative estimate of drug-likeness (QED) is 0.472. The van der Waals surface area contributed by atoms with Gasteiger partial charge in [0.05, 0.1) is 7.09 Å². The zero-order valence-corrected chi connectivity index (χ0v) is 9.05. The normalized spacial score (nSPS) is 9.80. The van der Waals surface area contributed by atoms with Crippen LogP contribution in [-0.4, -0.2) is 12.5 Å². The highest BCUT2D eigenvalue weighted by Gasteiger charge is 2.03. The van der Waals surface area contributed by atoms with Crippen molar-refractivity contribution in [3.63, 3.8) is 0 Å². The Morgan fingerprint density at radius 2 is 2.50 bits per heavy atom. The van der Waals surface area contributed by atoms with Crippen molar-refractivity contribution in [2.45, 2.75) is 4.21 Å². The van der Waals surface area contributed by atoms with E-state index in [2.05, 4.69) is 22.6 Å². The number of rotatable bonds is 2. The molecule has 0 unspecified atom stereocenters. The molecular formula is C6H5IOS2. The Labute approximate surface area is 81.3 Å². The van der Waals surface area contributed by atoms with E-state index >= 15 is 0 Å². The first-order valence-electron chi connectivity index (χ1n) is 2.56. The fourth-order valence-electron chi connectivity index (χ4n) is 0.600. The van der Waals surface area contributed by atoms with Gasteiger partial charge in [0.2, 0.25) is 0 Å². The number of aldehydes is 1. The molecule has 0 spiro atoms. The van der Waals surface area contributed by atoms with Crippen LogP contribution in [0, 0.1) is 2.88 Å². The molecule has 0 fully saturated rings. The minimum atomic E-state index is 0.821. The molecule has 0 aliphatic carbocycles. The second kappa shape index (κ2) is 3.73. The van der Waals surface area contributed by atoms with Gasteiger partial charge in [0.1, 0.15) is 0 Å². The predicted octanol–water partition coefficient (Wildman–Crippen LogP) is 2.89. The van der Waals surface area contributed by atoms with Crippen LogP contribution in [0.3, 0.4) is 0 Å². The summed E-state index contributed by atoms with van der Waals surface area (Å²) in [5.74, 6) is 0. The molecule has 0 N–H and O–H groups in total. The van der Waals surface area contributed by atoms with E-state index in [0.29, 0.717) is 0 Å². The van der Waals surface area contributed by atoms with Crippen LogP contribution in [0.25, 0.3) is 0 Å². The van der Waals surface area contributed by atoms with Gasteiger partial charge >= 0.3 is 0 Å². The maximum absolute atomic E-state index is 10.4. The van der Waals surface area contributed by atoms with Gasteiger partial charge in [-0.3, -0.25) is 4.79 Å². The van der Waals surface area contributed by atoms with Crippen molar-refractivity contribution < 1.29 is 4.79 Å². The van der Waals surface area contributed by atoms with Crippen LogP contribution in [0.4, 0.5) is 0 Å². The van der Waals surface area contributed by atoms with E-state index in [9.17, 15) is 4.79 Å². The Kier molecular flexibility index (Phi) is 3.19. The number of thioether (sulfide) groups is 1. The molecule has 1 aromatic rings. The molecule has 1 aromatic heterocycles. The Morgan fingerprint density at radius 1 is 1.80 bits per heavy atom. The van der Waals surface area contributed by atoms with E-state index in [1.807, 2.05) is 12.3 Å². The summed E-state index contributed by atoms with van der Waals surface area (Å²) in [6.07, 6.45) is 2.89. The van der Waals surface area contributed by atoms with Gasteiger partial charge in [-0.15, -0.1) is 23.1 Å². The topological polar surface area (TPSA) is 17.1 Å². The van der Waals surface area contributed by atoms with E-state index < -0.39 is 0 Å². The summed E-state index contributed by atoms with van der Waals surface area (Å²) in [7, 11) is 0. The van der Waals surface area contributed by atoms with E-state index in [-0.39, 0.29) is 0 Å². The summed E-state index contributed by atoms with van der Waals surface area (Å²) in [6, 6.07) is 1.91. The van der Waals surface area contributed by atoms with Gasteiger partial charge in [-0.05, 0) is 34.9 Å². The minimum Gasteiger partial charge on any atom is -0.298 e. The highest BCUT2D eigenvalue weighted by atomic mass is 127. The second-order valence-electron chi connectivity index (χ2n) is 1.62. The Bertz CT molecular complexity index is 244. The molecule has 0 bridgehead atoms. The number of hydrogen-bond acceptors (Lipinski definition) is 3. The smallest absolute Gasteiger partial charge is 0.152 e. The first kappa shape index (κ1) is 8.55. The van der Waals surface area contributed by atoms with Crippen LogP contribution < -0.4 is 0 Å². The number of halogens is 1. The Balaban J connectivity index is 3.08. The lowest BCUT2D eigenvalue weighted by atomic mass is 10.4. The average Bonchev–Trinajstić information content (AvgIpc) is 2.30. The fraction of sp³-hybridized carbons (Fsp3) is 0.167. The van der Waals surface area contributed by atoms with Crippen LogP contribution in [0.1, 0.15) is 10.4 Å². The van der Waals surface area contributed by atoms with Gasteiger partial charge in [-0.25, -0.2) is 0 Å². The van der Waals surface area contributed by atoms with Gasteiger partial charge in [0.15, 0.2) is 6.29 Å². The van der Waals surface area contributed by atoms with Crippen molar-refractivity contribution in [1.82, 2.24) is 0 Å². The van der Waals surface area contributed by atoms with Crippen molar-refractivity contribution in [3.8, 4) is 0 Å². The molecule has 10 heavy (non-hydrogen) atoms. The molecule has 0 aromatic carbocycles. The molecule has 1 nitrogen and oxygen atoms in total. The summed E-state index contributed by atoms with van der Waals surface area (Å²) in [5, 5.41) is 0. The summed E-state index contributed by atoms with van der Waals surface area (Å²) < 4.78 is 2.28. The van der Waals surface area contributed by atoms with E-state index in [4.69, 9.17) is 0 Å². The minimum absolute atomic E-state index is 0.821. The van der Waals surface area contributed by atoms with E-state index in [1.165, 1.54) is 2.88 Å². The largest absolute Gasteiger partial charge is 0.298 e. The Morgan fingerprint density at radius 3 is 2.90 bits per heavy atom. The molecule has 0 aliphatic heterocycles. The van der Waals surface area contributed by atoms with Crippen molar-refractivity contribution in [3.05, 3.63) is 14.5 Å². The molecule has 1 heterocycles. The highest BCUT2D eigenvalue weighted by Crippen LogP contribution is 2.30. The maximum Gasteiger partial charge on any atom is 0.152 e. The van der Waals surface area contributed by atoms with E-state index in [1.54, 1.807) is 23.1 Å². The SMILES string of the molecule is CSc1sc(I)cc1C=O. The molecule has 0 saturated heterocycles. The van der Waals surface area contributed by atoms with Gasteiger partial charge in [0.25, 0.3) is 0 Å². The highest BCUT2D eigenvalue weighted by molar-refractivity contribution is 14.1.